The fourth-order valence-electron chi connectivity index (χ4n) is 2.13. The summed E-state index contributed by atoms with van der Waals surface area (Å²) in [5.41, 5.74) is 1.24. The fraction of sp³-hybridized carbons (Fsp3) is 0.727. The summed E-state index contributed by atoms with van der Waals surface area (Å²) in [6.45, 7) is 4.50. The van der Waals surface area contributed by atoms with Crippen LogP contribution in [-0.2, 0) is 0 Å². The van der Waals surface area contributed by atoms with Crippen molar-refractivity contribution in [2.75, 3.05) is 13.1 Å². The van der Waals surface area contributed by atoms with E-state index in [1.165, 1.54) is 24.8 Å². The summed E-state index contributed by atoms with van der Waals surface area (Å²) >= 11 is 0. The van der Waals surface area contributed by atoms with Crippen LogP contribution in [0.3, 0.4) is 0 Å². The van der Waals surface area contributed by atoms with Crippen molar-refractivity contribution in [3.05, 3.63) is 18.0 Å². The molecule has 2 heterocycles. The van der Waals surface area contributed by atoms with Gasteiger partial charge in [0.1, 0.15) is 0 Å². The summed E-state index contributed by atoms with van der Waals surface area (Å²) in [7, 11) is 0. The molecule has 0 amide bonds. The average molecular weight is 208 g/mol. The van der Waals surface area contributed by atoms with Gasteiger partial charge in [-0.25, -0.2) is 0 Å². The van der Waals surface area contributed by atoms with Gasteiger partial charge in [0, 0.05) is 23.8 Å². The highest BCUT2D eigenvalue weighted by Gasteiger charge is 2.15. The second kappa shape index (κ2) is 5.28. The maximum Gasteiger partial charge on any atom is 0.0534 e. The molecule has 0 aromatic carbocycles. The normalized spacial score (nSPS) is 24.7. The second-order valence-electron chi connectivity index (χ2n) is 4.30. The van der Waals surface area contributed by atoms with Crippen molar-refractivity contribution in [1.82, 2.24) is 20.8 Å². The molecule has 2 unspecified atom stereocenters. The van der Waals surface area contributed by atoms with Gasteiger partial charge in [0.05, 0.1) is 6.20 Å². The Kier molecular flexibility index (Phi) is 3.75. The molecule has 0 saturated carbocycles. The maximum atomic E-state index is 3.98. The predicted octanol–water partition coefficient (Wildman–Crippen LogP) is 1.20. The van der Waals surface area contributed by atoms with Crippen molar-refractivity contribution in [3.63, 3.8) is 0 Å². The molecular weight excluding hydrogens is 188 g/mol. The minimum absolute atomic E-state index is 0.395. The van der Waals surface area contributed by atoms with Crippen molar-refractivity contribution < 1.29 is 0 Å². The van der Waals surface area contributed by atoms with E-state index in [2.05, 4.69) is 27.8 Å². The molecule has 1 aliphatic rings. The Bertz CT molecular complexity index is 262. The Hall–Kier alpha value is -0.870. The zero-order valence-corrected chi connectivity index (χ0v) is 9.29. The molecule has 0 spiro atoms. The van der Waals surface area contributed by atoms with E-state index in [1.807, 2.05) is 12.4 Å². The highest BCUT2D eigenvalue weighted by Crippen LogP contribution is 2.14. The monoisotopic (exact) mass is 208 g/mol. The van der Waals surface area contributed by atoms with Crippen molar-refractivity contribution in [3.8, 4) is 0 Å². The summed E-state index contributed by atoms with van der Waals surface area (Å²) in [6.07, 6.45) is 7.63. The first kappa shape index (κ1) is 10.6. The average Bonchev–Trinajstić information content (AvgIpc) is 2.65. The van der Waals surface area contributed by atoms with E-state index in [4.69, 9.17) is 0 Å². The van der Waals surface area contributed by atoms with E-state index in [-0.39, 0.29) is 0 Å². The molecule has 2 atom stereocenters. The maximum absolute atomic E-state index is 3.98. The third-order valence-corrected chi connectivity index (χ3v) is 3.08. The van der Waals surface area contributed by atoms with E-state index < -0.39 is 0 Å². The van der Waals surface area contributed by atoms with E-state index in [1.54, 1.807) is 0 Å². The summed E-state index contributed by atoms with van der Waals surface area (Å²) in [5.74, 6) is 0. The molecule has 1 saturated heterocycles. The van der Waals surface area contributed by atoms with Gasteiger partial charge in [-0.15, -0.1) is 0 Å². The van der Waals surface area contributed by atoms with Crippen LogP contribution in [0.2, 0.25) is 0 Å². The summed E-state index contributed by atoms with van der Waals surface area (Å²) in [5, 5.41) is 13.9. The zero-order chi connectivity index (χ0) is 10.5. The van der Waals surface area contributed by atoms with Crippen molar-refractivity contribution in [2.45, 2.75) is 38.3 Å². The zero-order valence-electron chi connectivity index (χ0n) is 9.29. The highest BCUT2D eigenvalue weighted by molar-refractivity contribution is 5.08. The Morgan fingerprint density at radius 2 is 2.40 bits per heavy atom. The van der Waals surface area contributed by atoms with Crippen LogP contribution >= 0.6 is 0 Å². The van der Waals surface area contributed by atoms with E-state index >= 15 is 0 Å². The van der Waals surface area contributed by atoms with Crippen LogP contribution in [0.15, 0.2) is 12.4 Å². The summed E-state index contributed by atoms with van der Waals surface area (Å²) in [4.78, 5) is 0. The van der Waals surface area contributed by atoms with Crippen LogP contribution < -0.4 is 10.6 Å². The molecule has 4 heteroatoms. The van der Waals surface area contributed by atoms with Crippen molar-refractivity contribution in [2.24, 2.45) is 0 Å². The molecule has 1 aromatic rings. The van der Waals surface area contributed by atoms with E-state index in [0.717, 1.165) is 13.1 Å². The van der Waals surface area contributed by atoms with Gasteiger partial charge in [0.25, 0.3) is 0 Å². The van der Waals surface area contributed by atoms with Gasteiger partial charge in [0.15, 0.2) is 0 Å². The standard InChI is InChI=1S/C11H20N4/c1-9(10-7-13-14-8-10)15-11-3-2-5-12-6-4-11/h7-9,11-12,15H,2-6H2,1H3,(H,13,14). The van der Waals surface area contributed by atoms with E-state index in [9.17, 15) is 0 Å². The number of hydrogen-bond acceptors (Lipinski definition) is 3. The number of nitrogens with zero attached hydrogens (tertiary/aromatic N) is 1. The third kappa shape index (κ3) is 3.04. The molecule has 0 radical (unpaired) electrons. The van der Waals surface area contributed by atoms with Crippen LogP contribution in [0.1, 0.15) is 37.8 Å². The largest absolute Gasteiger partial charge is 0.317 e. The van der Waals surface area contributed by atoms with Crippen LogP contribution in [0.5, 0.6) is 0 Å². The molecule has 84 valence electrons. The molecular formula is C11H20N4. The predicted molar refractivity (Wildman–Crippen MR) is 60.6 cm³/mol. The van der Waals surface area contributed by atoms with Gasteiger partial charge in [-0.1, -0.05) is 0 Å². The van der Waals surface area contributed by atoms with Crippen LogP contribution in [0.4, 0.5) is 0 Å². The summed E-state index contributed by atoms with van der Waals surface area (Å²) in [6, 6.07) is 1.04. The van der Waals surface area contributed by atoms with Crippen molar-refractivity contribution >= 4 is 0 Å². The molecule has 1 aromatic heterocycles. The van der Waals surface area contributed by atoms with Gasteiger partial charge in [0.2, 0.25) is 0 Å². The molecule has 0 bridgehead atoms. The molecule has 1 aliphatic heterocycles. The topological polar surface area (TPSA) is 52.7 Å². The lowest BCUT2D eigenvalue weighted by Gasteiger charge is -2.20. The number of H-pyrrole nitrogens is 1. The molecule has 4 nitrogen and oxygen atoms in total. The number of aromatic nitrogens is 2. The lowest BCUT2D eigenvalue weighted by Crippen LogP contribution is -2.32. The minimum atomic E-state index is 0.395. The SMILES string of the molecule is CC(NC1CCCNCC1)c1cn[nH]c1. The number of aromatic amines is 1. The minimum Gasteiger partial charge on any atom is -0.317 e. The second-order valence-corrected chi connectivity index (χ2v) is 4.30. The van der Waals surface area contributed by atoms with Gasteiger partial charge in [-0.2, -0.15) is 5.10 Å². The molecule has 1 fully saturated rings. The summed E-state index contributed by atoms with van der Waals surface area (Å²) < 4.78 is 0. The smallest absolute Gasteiger partial charge is 0.0534 e. The number of hydrogen-bond donors (Lipinski definition) is 3. The lowest BCUT2D eigenvalue weighted by atomic mass is 10.1. The Morgan fingerprint density at radius 1 is 1.47 bits per heavy atom. The molecule has 15 heavy (non-hydrogen) atoms. The quantitative estimate of drug-likeness (QED) is 0.699. The van der Waals surface area contributed by atoms with Gasteiger partial charge in [-0.3, -0.25) is 5.10 Å². The van der Waals surface area contributed by atoms with Crippen LogP contribution in [0.25, 0.3) is 0 Å². The van der Waals surface area contributed by atoms with Gasteiger partial charge in [-0.05, 0) is 39.3 Å². The van der Waals surface area contributed by atoms with E-state index in [0.29, 0.717) is 12.1 Å². The first-order chi connectivity index (χ1) is 7.36. The highest BCUT2D eigenvalue weighted by atomic mass is 15.1. The Morgan fingerprint density at radius 3 is 3.20 bits per heavy atom. The molecule has 3 N–H and O–H groups in total. The van der Waals surface area contributed by atoms with Crippen LogP contribution in [0, 0.1) is 0 Å². The number of rotatable bonds is 3. The lowest BCUT2D eigenvalue weighted by molar-refractivity contribution is 0.421. The number of nitrogens with one attached hydrogen (secondary N) is 3. The first-order valence-electron chi connectivity index (χ1n) is 5.81. The molecule has 2 rings (SSSR count). The third-order valence-electron chi connectivity index (χ3n) is 3.08. The molecule has 0 aliphatic carbocycles. The van der Waals surface area contributed by atoms with Gasteiger partial charge < -0.3 is 10.6 Å². The van der Waals surface area contributed by atoms with Crippen molar-refractivity contribution in [1.29, 1.82) is 0 Å². The Balaban J connectivity index is 1.84. The van der Waals surface area contributed by atoms with Crippen LogP contribution in [-0.4, -0.2) is 29.3 Å². The Labute approximate surface area is 90.8 Å². The first-order valence-corrected chi connectivity index (χ1v) is 5.81. The van der Waals surface area contributed by atoms with Gasteiger partial charge >= 0.3 is 0 Å². The fourth-order valence-corrected chi connectivity index (χ4v) is 2.13.